The monoisotopic (exact) mass is 265 g/mol. The van der Waals surface area contributed by atoms with Gasteiger partial charge in [0.1, 0.15) is 0 Å². The Kier molecular flexibility index (Phi) is 3.59. The van der Waals surface area contributed by atoms with E-state index in [1.807, 2.05) is 0 Å². The van der Waals surface area contributed by atoms with Crippen LogP contribution in [0, 0.1) is 23.2 Å². The van der Waals surface area contributed by atoms with Crippen molar-refractivity contribution >= 4 is 5.97 Å². The van der Waals surface area contributed by atoms with Gasteiger partial charge in [0.05, 0.1) is 6.04 Å². The number of hydrogen-bond acceptors (Lipinski definition) is 2. The number of carbonyl (C=O) groups is 1. The quantitative estimate of drug-likeness (QED) is 0.772. The summed E-state index contributed by atoms with van der Waals surface area (Å²) in [5.74, 6) is 1.38. The summed E-state index contributed by atoms with van der Waals surface area (Å²) >= 11 is 0. The van der Waals surface area contributed by atoms with Crippen molar-refractivity contribution in [2.75, 3.05) is 0 Å². The molecule has 0 radical (unpaired) electrons. The Balaban J connectivity index is 0.000000155. The van der Waals surface area contributed by atoms with Crippen LogP contribution in [0.4, 0.5) is 0 Å². The van der Waals surface area contributed by atoms with Crippen molar-refractivity contribution in [3.05, 3.63) is 0 Å². The van der Waals surface area contributed by atoms with Crippen molar-refractivity contribution in [3.8, 4) is 0 Å². The Labute approximate surface area is 115 Å². The van der Waals surface area contributed by atoms with E-state index >= 15 is 0 Å². The molecule has 0 aromatic rings. The summed E-state index contributed by atoms with van der Waals surface area (Å²) in [4.78, 5) is 11.1. The highest BCUT2D eigenvalue weighted by molar-refractivity contribution is 5.73. The van der Waals surface area contributed by atoms with E-state index in [2.05, 4.69) is 5.73 Å². The largest absolute Gasteiger partial charge is 0.550 e. The van der Waals surface area contributed by atoms with Crippen molar-refractivity contribution in [2.45, 2.75) is 70.3 Å². The number of rotatable bonds is 1. The summed E-state index contributed by atoms with van der Waals surface area (Å²) in [6.45, 7) is 0. The van der Waals surface area contributed by atoms with Crippen molar-refractivity contribution < 1.29 is 15.6 Å². The molecule has 3 heteroatoms. The molecule has 0 aromatic heterocycles. The Morgan fingerprint density at radius 2 is 1.37 bits per heavy atom. The minimum atomic E-state index is -0.758. The standard InChI is InChI=1S/C11H16O2.C5H11N/c12-10(13)11-4-7-1-8(5-11)3-9(2-7)6-11;6-5-3-1-2-4-5/h7-9H,1-6H2,(H,12,13);5H,1-4,6H2. The fourth-order valence-electron chi connectivity index (χ4n) is 5.37. The third-order valence-corrected chi connectivity index (χ3v) is 5.95. The molecule has 108 valence electrons. The summed E-state index contributed by atoms with van der Waals surface area (Å²) in [5, 5.41) is 11.1. The van der Waals surface area contributed by atoms with Gasteiger partial charge in [0, 0.05) is 11.4 Å². The zero-order valence-corrected chi connectivity index (χ0v) is 11.9. The first kappa shape index (κ1) is 13.4. The van der Waals surface area contributed by atoms with E-state index in [4.69, 9.17) is 0 Å². The van der Waals surface area contributed by atoms with Crippen molar-refractivity contribution in [3.63, 3.8) is 0 Å². The van der Waals surface area contributed by atoms with Gasteiger partial charge >= 0.3 is 0 Å². The third-order valence-electron chi connectivity index (χ3n) is 5.95. The molecule has 0 saturated heterocycles. The summed E-state index contributed by atoms with van der Waals surface area (Å²) in [5.41, 5.74) is 3.54. The van der Waals surface area contributed by atoms with E-state index in [0.29, 0.717) is 17.8 Å². The molecule has 0 aliphatic heterocycles. The second-order valence-electron chi connectivity index (χ2n) is 7.64. The molecule has 4 bridgehead atoms. The lowest BCUT2D eigenvalue weighted by atomic mass is 9.49. The normalized spacial score (nSPS) is 43.9. The fraction of sp³-hybridized carbons (Fsp3) is 0.938. The van der Waals surface area contributed by atoms with Gasteiger partial charge in [0.25, 0.3) is 0 Å². The first-order valence-corrected chi connectivity index (χ1v) is 8.12. The van der Waals surface area contributed by atoms with Crippen LogP contribution >= 0.6 is 0 Å². The van der Waals surface area contributed by atoms with Gasteiger partial charge in [0.15, 0.2) is 0 Å². The van der Waals surface area contributed by atoms with E-state index in [-0.39, 0.29) is 0 Å². The van der Waals surface area contributed by atoms with Gasteiger partial charge in [-0.3, -0.25) is 0 Å². The molecule has 5 aliphatic carbocycles. The van der Waals surface area contributed by atoms with E-state index in [9.17, 15) is 9.90 Å². The second kappa shape index (κ2) is 5.08. The second-order valence-corrected chi connectivity index (χ2v) is 7.64. The average Bonchev–Trinajstić information content (AvgIpc) is 2.79. The molecule has 0 heterocycles. The Morgan fingerprint density at radius 3 is 1.63 bits per heavy atom. The molecular weight excluding hydrogens is 238 g/mol. The Hall–Kier alpha value is -0.570. The minimum absolute atomic E-state index is 0.394. The van der Waals surface area contributed by atoms with Gasteiger partial charge in [-0.25, -0.2) is 0 Å². The zero-order valence-electron chi connectivity index (χ0n) is 11.9. The highest BCUT2D eigenvalue weighted by Crippen LogP contribution is 2.59. The number of quaternary nitrogens is 1. The lowest BCUT2D eigenvalue weighted by Gasteiger charge is -2.57. The minimum Gasteiger partial charge on any atom is -0.550 e. The van der Waals surface area contributed by atoms with Crippen molar-refractivity contribution in [1.82, 2.24) is 0 Å². The van der Waals surface area contributed by atoms with Crippen LogP contribution in [0.1, 0.15) is 64.2 Å². The number of hydrogen-bond donors (Lipinski definition) is 1. The predicted octanol–water partition coefficient (Wildman–Crippen LogP) is 1.12. The summed E-state index contributed by atoms with van der Waals surface area (Å²) in [6, 6.07) is 0.796. The molecule has 0 atom stereocenters. The molecule has 0 amide bonds. The first-order chi connectivity index (χ1) is 9.07. The van der Waals surface area contributed by atoms with E-state index < -0.39 is 11.4 Å². The number of carbonyl (C=O) groups excluding carboxylic acids is 1. The van der Waals surface area contributed by atoms with Gasteiger partial charge in [-0.15, -0.1) is 0 Å². The van der Waals surface area contributed by atoms with Gasteiger partial charge in [-0.05, 0) is 82.0 Å². The van der Waals surface area contributed by atoms with Crippen molar-refractivity contribution in [1.29, 1.82) is 0 Å². The lowest BCUT2D eigenvalue weighted by molar-refractivity contribution is -0.417. The zero-order chi connectivity index (χ0) is 13.5. The maximum atomic E-state index is 11.1. The molecule has 0 aromatic carbocycles. The van der Waals surface area contributed by atoms with Crippen LogP contribution in [-0.4, -0.2) is 12.0 Å². The molecule has 5 saturated carbocycles. The van der Waals surface area contributed by atoms with E-state index in [1.165, 1.54) is 44.9 Å². The van der Waals surface area contributed by atoms with E-state index in [1.54, 1.807) is 0 Å². The SMILES string of the molecule is O=C([O-])C12CC3CC(CC(C3)C1)C2.[NH3+]C1CCCC1. The van der Waals surface area contributed by atoms with Crippen LogP contribution in [-0.2, 0) is 4.79 Å². The van der Waals surface area contributed by atoms with Gasteiger partial charge in [-0.2, -0.15) is 0 Å². The van der Waals surface area contributed by atoms with Crippen LogP contribution in [0.2, 0.25) is 0 Å². The molecule has 0 spiro atoms. The number of carboxylic acids is 1. The van der Waals surface area contributed by atoms with Crippen LogP contribution in [0.25, 0.3) is 0 Å². The maximum absolute atomic E-state index is 11.1. The van der Waals surface area contributed by atoms with E-state index in [0.717, 1.165) is 25.3 Å². The molecular formula is C16H27NO2. The summed E-state index contributed by atoms with van der Waals surface area (Å²) in [7, 11) is 0. The Bertz CT molecular complexity index is 311. The molecule has 0 unspecified atom stereocenters. The van der Waals surface area contributed by atoms with Gasteiger partial charge in [0.2, 0.25) is 0 Å². The number of aliphatic carboxylic acids is 1. The fourth-order valence-corrected chi connectivity index (χ4v) is 5.37. The lowest BCUT2D eigenvalue weighted by Crippen LogP contribution is -2.59. The first-order valence-electron chi connectivity index (χ1n) is 8.12. The number of carboxylic acid groups (broad SMARTS) is 1. The molecule has 5 aliphatic rings. The van der Waals surface area contributed by atoms with Crippen LogP contribution in [0.5, 0.6) is 0 Å². The molecule has 3 N–H and O–H groups in total. The van der Waals surface area contributed by atoms with Crippen molar-refractivity contribution in [2.24, 2.45) is 23.2 Å². The van der Waals surface area contributed by atoms with Crippen LogP contribution in [0.3, 0.4) is 0 Å². The van der Waals surface area contributed by atoms with Crippen LogP contribution < -0.4 is 10.8 Å². The highest BCUT2D eigenvalue weighted by atomic mass is 16.4. The average molecular weight is 265 g/mol. The van der Waals surface area contributed by atoms with Gasteiger partial charge in [-0.1, -0.05) is 0 Å². The topological polar surface area (TPSA) is 67.8 Å². The molecule has 19 heavy (non-hydrogen) atoms. The summed E-state index contributed by atoms with van der Waals surface area (Å²) < 4.78 is 0. The Morgan fingerprint density at radius 1 is 0.947 bits per heavy atom. The maximum Gasteiger partial charge on any atom is 0.0843 e. The highest BCUT2D eigenvalue weighted by Gasteiger charge is 2.51. The van der Waals surface area contributed by atoms with Crippen LogP contribution in [0.15, 0.2) is 0 Å². The summed E-state index contributed by atoms with van der Waals surface area (Å²) in [6.07, 6.45) is 12.2. The third kappa shape index (κ3) is 2.67. The predicted molar refractivity (Wildman–Crippen MR) is 70.8 cm³/mol. The smallest absolute Gasteiger partial charge is 0.0843 e. The van der Waals surface area contributed by atoms with Gasteiger partial charge < -0.3 is 15.6 Å². The molecule has 5 fully saturated rings. The molecule has 3 nitrogen and oxygen atoms in total. The molecule has 5 rings (SSSR count).